The lowest BCUT2D eigenvalue weighted by Gasteiger charge is -2.20. The van der Waals surface area contributed by atoms with Crippen LogP contribution in [-0.2, 0) is 22.5 Å². The largest absolute Gasteiger partial charge is 0.481 e. The van der Waals surface area contributed by atoms with Gasteiger partial charge >= 0.3 is 12.1 Å². The van der Waals surface area contributed by atoms with Crippen LogP contribution in [0.2, 0.25) is 0 Å². The molecule has 0 radical (unpaired) electrons. The number of carbonyl (C=O) groups is 2. The minimum absolute atomic E-state index is 0.344. The van der Waals surface area contributed by atoms with Gasteiger partial charge in [-0.2, -0.15) is 0 Å². The highest BCUT2D eigenvalue weighted by Crippen LogP contribution is 2.22. The highest BCUT2D eigenvalue weighted by molar-refractivity contribution is 5.74. The summed E-state index contributed by atoms with van der Waals surface area (Å²) in [7, 11) is 0. The Hall–Kier alpha value is -2.04. The van der Waals surface area contributed by atoms with Gasteiger partial charge in [-0.15, -0.1) is 0 Å². The van der Waals surface area contributed by atoms with Crippen molar-refractivity contribution in [2.75, 3.05) is 0 Å². The third kappa shape index (κ3) is 6.16. The lowest BCUT2D eigenvalue weighted by molar-refractivity contribution is -0.146. The molecule has 5 nitrogen and oxygen atoms in total. The predicted molar refractivity (Wildman–Crippen MR) is 84.6 cm³/mol. The number of ether oxygens (including phenoxy) is 1. The molecule has 1 aromatic carbocycles. The summed E-state index contributed by atoms with van der Waals surface area (Å²) in [6, 6.07) is 7.54. The quantitative estimate of drug-likeness (QED) is 0.874. The maximum atomic E-state index is 11.6. The monoisotopic (exact) mass is 307 g/mol. The van der Waals surface area contributed by atoms with Crippen LogP contribution in [0.5, 0.6) is 0 Å². The van der Waals surface area contributed by atoms with Crippen molar-refractivity contribution in [1.82, 2.24) is 5.32 Å². The van der Waals surface area contributed by atoms with Crippen LogP contribution in [0, 0.1) is 5.41 Å². The van der Waals surface area contributed by atoms with E-state index in [1.165, 1.54) is 0 Å². The highest BCUT2D eigenvalue weighted by Gasteiger charge is 2.27. The third-order valence-electron chi connectivity index (χ3n) is 3.05. The van der Waals surface area contributed by atoms with E-state index >= 15 is 0 Å². The van der Waals surface area contributed by atoms with Gasteiger partial charge in [-0.25, -0.2) is 4.79 Å². The van der Waals surface area contributed by atoms with Crippen molar-refractivity contribution in [3.05, 3.63) is 35.4 Å². The number of benzene rings is 1. The SMILES string of the molecule is CC(C)(C)OC(=O)NCc1cccc(CC(C)(C)C(=O)O)c1. The second kappa shape index (κ2) is 6.81. The second-order valence-corrected chi connectivity index (χ2v) is 7.04. The van der Waals surface area contributed by atoms with Gasteiger partial charge in [0, 0.05) is 6.54 Å². The zero-order valence-corrected chi connectivity index (χ0v) is 13.9. The van der Waals surface area contributed by atoms with Crippen molar-refractivity contribution in [3.8, 4) is 0 Å². The Morgan fingerprint density at radius 2 is 1.73 bits per heavy atom. The summed E-state index contributed by atoms with van der Waals surface area (Å²) in [6.45, 7) is 9.15. The first kappa shape index (κ1) is 18.0. The number of carboxylic acid groups (broad SMARTS) is 1. The minimum Gasteiger partial charge on any atom is -0.481 e. The average Bonchev–Trinajstić information content (AvgIpc) is 2.34. The van der Waals surface area contributed by atoms with Crippen LogP contribution < -0.4 is 5.32 Å². The van der Waals surface area contributed by atoms with Crippen molar-refractivity contribution >= 4 is 12.1 Å². The summed E-state index contributed by atoms with van der Waals surface area (Å²) in [5, 5.41) is 11.9. The molecule has 0 fully saturated rings. The van der Waals surface area contributed by atoms with E-state index < -0.39 is 23.1 Å². The molecule has 0 atom stereocenters. The van der Waals surface area contributed by atoms with Crippen molar-refractivity contribution in [3.63, 3.8) is 0 Å². The minimum atomic E-state index is -0.829. The van der Waals surface area contributed by atoms with Crippen molar-refractivity contribution in [2.45, 2.75) is 53.2 Å². The van der Waals surface area contributed by atoms with Gasteiger partial charge in [0.15, 0.2) is 0 Å². The molecule has 1 amide bonds. The number of aliphatic carboxylic acids is 1. The molecule has 0 saturated carbocycles. The van der Waals surface area contributed by atoms with Crippen LogP contribution in [0.3, 0.4) is 0 Å². The molecular weight excluding hydrogens is 282 g/mol. The first-order valence-electron chi connectivity index (χ1n) is 7.28. The Balaban J connectivity index is 2.65. The molecule has 0 spiro atoms. The van der Waals surface area contributed by atoms with E-state index in [-0.39, 0.29) is 0 Å². The lowest BCUT2D eigenvalue weighted by atomic mass is 9.85. The molecule has 0 heterocycles. The second-order valence-electron chi connectivity index (χ2n) is 7.04. The molecule has 122 valence electrons. The lowest BCUT2D eigenvalue weighted by Crippen LogP contribution is -2.32. The maximum Gasteiger partial charge on any atom is 0.407 e. The summed E-state index contributed by atoms with van der Waals surface area (Å²) in [4.78, 5) is 22.8. The summed E-state index contributed by atoms with van der Waals surface area (Å²) in [5.74, 6) is -0.829. The smallest absolute Gasteiger partial charge is 0.407 e. The fraction of sp³-hybridized carbons (Fsp3) is 0.529. The van der Waals surface area contributed by atoms with Crippen LogP contribution in [0.4, 0.5) is 4.79 Å². The number of alkyl carbamates (subject to hydrolysis) is 1. The molecule has 5 heteroatoms. The van der Waals surface area contributed by atoms with Gasteiger partial charge in [-0.1, -0.05) is 24.3 Å². The summed E-state index contributed by atoms with van der Waals surface area (Å²) in [5.41, 5.74) is 0.481. The molecule has 1 aromatic rings. The van der Waals surface area contributed by atoms with Gasteiger partial charge in [0.1, 0.15) is 5.60 Å². The number of hydrogen-bond acceptors (Lipinski definition) is 3. The summed E-state index contributed by atoms with van der Waals surface area (Å²) in [6.07, 6.45) is -0.0356. The van der Waals surface area contributed by atoms with Gasteiger partial charge in [0.05, 0.1) is 5.41 Å². The number of amides is 1. The summed E-state index contributed by atoms with van der Waals surface area (Å²) >= 11 is 0. The molecule has 0 bridgehead atoms. The first-order valence-corrected chi connectivity index (χ1v) is 7.28. The van der Waals surface area contributed by atoms with Gasteiger partial charge in [0.2, 0.25) is 0 Å². The molecule has 1 rings (SSSR count). The fourth-order valence-corrected chi connectivity index (χ4v) is 1.92. The number of nitrogens with one attached hydrogen (secondary N) is 1. The van der Waals surface area contributed by atoms with Crippen LogP contribution >= 0.6 is 0 Å². The third-order valence-corrected chi connectivity index (χ3v) is 3.05. The van der Waals surface area contributed by atoms with Gasteiger partial charge < -0.3 is 15.2 Å². The topological polar surface area (TPSA) is 75.6 Å². The van der Waals surface area contributed by atoms with E-state index in [0.29, 0.717) is 13.0 Å². The van der Waals surface area contributed by atoms with E-state index in [9.17, 15) is 14.7 Å². The Kier molecular flexibility index (Phi) is 5.58. The van der Waals surface area contributed by atoms with E-state index in [1.807, 2.05) is 24.3 Å². The average molecular weight is 307 g/mol. The number of carbonyl (C=O) groups excluding carboxylic acids is 1. The first-order chi connectivity index (χ1) is 9.99. The van der Waals surface area contributed by atoms with E-state index in [0.717, 1.165) is 11.1 Å². The molecule has 22 heavy (non-hydrogen) atoms. The van der Waals surface area contributed by atoms with Crippen molar-refractivity contribution in [1.29, 1.82) is 0 Å². The normalized spacial score (nSPS) is 11.9. The molecule has 0 aromatic heterocycles. The van der Waals surface area contributed by atoms with E-state index in [4.69, 9.17) is 4.74 Å². The molecule has 0 aliphatic rings. The highest BCUT2D eigenvalue weighted by atomic mass is 16.6. The van der Waals surface area contributed by atoms with Crippen LogP contribution in [0.25, 0.3) is 0 Å². The Morgan fingerprint density at radius 3 is 2.27 bits per heavy atom. The van der Waals surface area contributed by atoms with Crippen LogP contribution in [0.15, 0.2) is 24.3 Å². The molecule has 0 aliphatic carbocycles. The predicted octanol–water partition coefficient (Wildman–Crippen LogP) is 3.36. The fourth-order valence-electron chi connectivity index (χ4n) is 1.92. The number of hydrogen-bond donors (Lipinski definition) is 2. The standard InChI is InChI=1S/C17H25NO4/c1-16(2,3)22-15(21)18-11-13-8-6-7-12(9-13)10-17(4,5)14(19)20/h6-9H,10-11H2,1-5H3,(H,18,21)(H,19,20). The zero-order chi connectivity index (χ0) is 17.0. The van der Waals surface area contributed by atoms with Gasteiger partial charge in [-0.3, -0.25) is 4.79 Å². The molecule has 0 unspecified atom stereocenters. The molecular formula is C17H25NO4. The molecule has 0 saturated heterocycles. The van der Waals surface area contributed by atoms with Crippen LogP contribution in [0.1, 0.15) is 45.7 Å². The van der Waals surface area contributed by atoms with Gasteiger partial charge in [-0.05, 0) is 52.2 Å². The summed E-state index contributed by atoms with van der Waals surface area (Å²) < 4.78 is 5.17. The molecule has 0 aliphatic heterocycles. The number of carboxylic acids is 1. The van der Waals surface area contributed by atoms with E-state index in [1.54, 1.807) is 34.6 Å². The Labute approximate surface area is 131 Å². The zero-order valence-electron chi connectivity index (χ0n) is 13.9. The van der Waals surface area contributed by atoms with Crippen LogP contribution in [-0.4, -0.2) is 22.8 Å². The Morgan fingerprint density at radius 1 is 1.14 bits per heavy atom. The molecule has 2 N–H and O–H groups in total. The van der Waals surface area contributed by atoms with E-state index in [2.05, 4.69) is 5.32 Å². The maximum absolute atomic E-state index is 11.6. The van der Waals surface area contributed by atoms with Crippen molar-refractivity contribution in [2.24, 2.45) is 5.41 Å². The number of rotatable bonds is 5. The van der Waals surface area contributed by atoms with Gasteiger partial charge in [0.25, 0.3) is 0 Å². The Bertz CT molecular complexity index is 544. The van der Waals surface area contributed by atoms with Crippen molar-refractivity contribution < 1.29 is 19.4 Å².